The highest BCUT2D eigenvalue weighted by Gasteiger charge is 2.13. The monoisotopic (exact) mass is 374 g/mol. The molecular formula is C18H18N2O3S2. The first-order valence-electron chi connectivity index (χ1n) is 7.62. The molecule has 0 aliphatic heterocycles. The van der Waals surface area contributed by atoms with E-state index in [2.05, 4.69) is 11.4 Å². The van der Waals surface area contributed by atoms with E-state index < -0.39 is 9.84 Å². The van der Waals surface area contributed by atoms with Crippen molar-refractivity contribution in [2.45, 2.75) is 16.2 Å². The Hall–Kier alpha value is -2.30. The van der Waals surface area contributed by atoms with Crippen LogP contribution in [0.5, 0.6) is 0 Å². The lowest BCUT2D eigenvalue weighted by molar-refractivity contribution is 0.0951. The molecule has 0 unspecified atom stereocenters. The smallest absolute Gasteiger partial charge is 0.252 e. The summed E-state index contributed by atoms with van der Waals surface area (Å²) in [6.45, 7) is 0.291. The van der Waals surface area contributed by atoms with Crippen molar-refractivity contribution in [3.05, 3.63) is 59.7 Å². The Morgan fingerprint density at radius 2 is 1.76 bits per heavy atom. The summed E-state index contributed by atoms with van der Waals surface area (Å²) in [5.74, 6) is -0.217. The Bertz CT molecular complexity index is 903. The van der Waals surface area contributed by atoms with E-state index in [0.717, 1.165) is 9.79 Å². The number of nitriles is 1. The highest BCUT2D eigenvalue weighted by Crippen LogP contribution is 2.32. The van der Waals surface area contributed by atoms with E-state index in [9.17, 15) is 18.5 Å². The van der Waals surface area contributed by atoms with Gasteiger partial charge in [-0.2, -0.15) is 5.26 Å². The van der Waals surface area contributed by atoms with Crippen molar-refractivity contribution in [1.82, 2.24) is 5.32 Å². The minimum atomic E-state index is -3.03. The molecule has 0 aliphatic carbocycles. The molecule has 0 saturated carbocycles. The molecule has 0 radical (unpaired) electrons. The van der Waals surface area contributed by atoms with Gasteiger partial charge in [0.05, 0.1) is 16.9 Å². The van der Waals surface area contributed by atoms with Gasteiger partial charge in [0.1, 0.15) is 15.9 Å². The normalized spacial score (nSPS) is 10.9. The molecule has 0 atom stereocenters. The van der Waals surface area contributed by atoms with Crippen molar-refractivity contribution < 1.29 is 13.2 Å². The number of amides is 1. The van der Waals surface area contributed by atoms with Crippen molar-refractivity contribution in [2.24, 2.45) is 0 Å². The van der Waals surface area contributed by atoms with Gasteiger partial charge in [0, 0.05) is 22.6 Å². The Morgan fingerprint density at radius 3 is 2.44 bits per heavy atom. The van der Waals surface area contributed by atoms with Crippen molar-refractivity contribution in [1.29, 1.82) is 5.26 Å². The molecule has 1 amide bonds. The van der Waals surface area contributed by atoms with E-state index in [0.29, 0.717) is 24.1 Å². The quantitative estimate of drug-likeness (QED) is 0.753. The fourth-order valence-corrected chi connectivity index (χ4v) is 3.83. The van der Waals surface area contributed by atoms with Crippen LogP contribution in [0.1, 0.15) is 22.3 Å². The summed E-state index contributed by atoms with van der Waals surface area (Å²) in [7, 11) is -3.03. The van der Waals surface area contributed by atoms with Crippen LogP contribution in [0.15, 0.2) is 58.3 Å². The number of hydrogen-bond acceptors (Lipinski definition) is 5. The zero-order valence-electron chi connectivity index (χ0n) is 13.7. The minimum absolute atomic E-state index is 0.0409. The number of benzene rings is 2. The second-order valence-corrected chi connectivity index (χ2v) is 8.79. The number of rotatable bonds is 7. The fraction of sp³-hybridized carbons (Fsp3) is 0.222. The van der Waals surface area contributed by atoms with Crippen LogP contribution < -0.4 is 5.32 Å². The molecule has 0 heterocycles. The predicted molar refractivity (Wildman–Crippen MR) is 98.4 cm³/mol. The topological polar surface area (TPSA) is 87.0 Å². The summed E-state index contributed by atoms with van der Waals surface area (Å²) in [5, 5.41) is 11.9. The Morgan fingerprint density at radius 1 is 1.12 bits per heavy atom. The van der Waals surface area contributed by atoms with E-state index in [-0.39, 0.29) is 11.7 Å². The molecule has 7 heteroatoms. The summed E-state index contributed by atoms with van der Waals surface area (Å²) in [6, 6.07) is 16.5. The summed E-state index contributed by atoms with van der Waals surface area (Å²) >= 11 is 1.36. The third-order valence-electron chi connectivity index (χ3n) is 3.34. The van der Waals surface area contributed by atoms with E-state index >= 15 is 0 Å². The van der Waals surface area contributed by atoms with Gasteiger partial charge in [-0.05, 0) is 30.7 Å². The van der Waals surface area contributed by atoms with Crippen LogP contribution in [-0.4, -0.2) is 32.9 Å². The number of nitrogens with zero attached hydrogens (tertiary/aromatic N) is 1. The van der Waals surface area contributed by atoms with Gasteiger partial charge in [-0.15, -0.1) is 0 Å². The molecule has 0 aliphatic rings. The van der Waals surface area contributed by atoms with Gasteiger partial charge in [-0.25, -0.2) is 8.42 Å². The molecule has 1 N–H and O–H groups in total. The molecule has 0 bridgehead atoms. The van der Waals surface area contributed by atoms with Crippen LogP contribution in [0.25, 0.3) is 0 Å². The maximum absolute atomic E-state index is 12.4. The second kappa shape index (κ2) is 8.70. The number of carbonyl (C=O) groups is 1. The van der Waals surface area contributed by atoms with Crippen LogP contribution in [0, 0.1) is 11.3 Å². The first kappa shape index (κ1) is 19.0. The van der Waals surface area contributed by atoms with Gasteiger partial charge in [0.25, 0.3) is 5.91 Å². The van der Waals surface area contributed by atoms with E-state index in [4.69, 9.17) is 0 Å². The molecule has 25 heavy (non-hydrogen) atoms. The number of carbonyl (C=O) groups excluding carboxylic acids is 1. The Balaban J connectivity index is 2.10. The molecule has 0 saturated heterocycles. The number of sulfone groups is 1. The van der Waals surface area contributed by atoms with Crippen LogP contribution in [0.3, 0.4) is 0 Å². The first-order valence-corrected chi connectivity index (χ1v) is 10.5. The molecule has 5 nitrogen and oxygen atoms in total. The molecule has 2 aromatic carbocycles. The zero-order chi connectivity index (χ0) is 18.3. The molecule has 2 aromatic rings. The highest BCUT2D eigenvalue weighted by atomic mass is 32.2. The van der Waals surface area contributed by atoms with E-state index in [1.54, 1.807) is 24.3 Å². The van der Waals surface area contributed by atoms with Gasteiger partial charge in [-0.3, -0.25) is 4.79 Å². The maximum Gasteiger partial charge on any atom is 0.252 e. The van der Waals surface area contributed by atoms with Gasteiger partial charge in [-0.1, -0.05) is 36.0 Å². The molecule has 0 fully saturated rings. The number of hydrogen-bond donors (Lipinski definition) is 1. The summed E-state index contributed by atoms with van der Waals surface area (Å²) < 4.78 is 22.2. The van der Waals surface area contributed by atoms with Crippen LogP contribution in [0.4, 0.5) is 0 Å². The Labute approximate surface area is 152 Å². The van der Waals surface area contributed by atoms with Gasteiger partial charge in [0.15, 0.2) is 0 Å². The third-order valence-corrected chi connectivity index (χ3v) is 5.52. The van der Waals surface area contributed by atoms with Crippen LogP contribution in [-0.2, 0) is 9.84 Å². The average Bonchev–Trinajstić information content (AvgIpc) is 2.58. The number of nitrogens with one attached hydrogen (secondary N) is 1. The molecular weight excluding hydrogens is 356 g/mol. The molecule has 2 rings (SSSR count). The van der Waals surface area contributed by atoms with Gasteiger partial charge in [0.2, 0.25) is 0 Å². The molecule has 0 aromatic heterocycles. The van der Waals surface area contributed by atoms with Crippen LogP contribution in [0.2, 0.25) is 0 Å². The minimum Gasteiger partial charge on any atom is -0.352 e. The SMILES string of the molecule is CS(=O)(=O)CCCNC(=O)c1ccccc1Sc1ccccc1C#N. The highest BCUT2D eigenvalue weighted by molar-refractivity contribution is 7.99. The van der Waals surface area contributed by atoms with Gasteiger partial charge >= 0.3 is 0 Å². The lowest BCUT2D eigenvalue weighted by Gasteiger charge is -2.10. The summed E-state index contributed by atoms with van der Waals surface area (Å²) in [6.07, 6.45) is 1.55. The second-order valence-electron chi connectivity index (χ2n) is 5.45. The average molecular weight is 374 g/mol. The zero-order valence-corrected chi connectivity index (χ0v) is 15.4. The lowest BCUT2D eigenvalue weighted by Crippen LogP contribution is -2.26. The summed E-state index contributed by atoms with van der Waals surface area (Å²) in [4.78, 5) is 13.9. The summed E-state index contributed by atoms with van der Waals surface area (Å²) in [5.41, 5.74) is 1.05. The predicted octanol–water partition coefficient (Wildman–Crippen LogP) is 2.87. The Kier molecular flexibility index (Phi) is 6.62. The lowest BCUT2D eigenvalue weighted by atomic mass is 10.2. The van der Waals surface area contributed by atoms with Crippen molar-refractivity contribution in [2.75, 3.05) is 18.6 Å². The van der Waals surface area contributed by atoms with Crippen LogP contribution >= 0.6 is 11.8 Å². The van der Waals surface area contributed by atoms with Gasteiger partial charge < -0.3 is 5.32 Å². The molecule has 130 valence electrons. The largest absolute Gasteiger partial charge is 0.352 e. The first-order chi connectivity index (χ1) is 11.9. The van der Waals surface area contributed by atoms with Crippen molar-refractivity contribution in [3.63, 3.8) is 0 Å². The van der Waals surface area contributed by atoms with Crippen molar-refractivity contribution >= 4 is 27.5 Å². The van der Waals surface area contributed by atoms with E-state index in [1.807, 2.05) is 24.3 Å². The third kappa shape index (κ3) is 5.93. The van der Waals surface area contributed by atoms with E-state index in [1.165, 1.54) is 18.0 Å². The standard InChI is InChI=1S/C18H18N2O3S2/c1-25(22,23)12-6-11-20-18(21)15-8-3-5-10-17(15)24-16-9-4-2-7-14(16)13-19/h2-5,7-10H,6,11-12H2,1H3,(H,20,21). The maximum atomic E-state index is 12.4. The fourth-order valence-electron chi connectivity index (χ4n) is 2.14. The van der Waals surface area contributed by atoms with Crippen molar-refractivity contribution in [3.8, 4) is 6.07 Å². The molecule has 0 spiro atoms.